The van der Waals surface area contributed by atoms with Crippen molar-refractivity contribution in [1.29, 1.82) is 0 Å². The number of methoxy groups -OCH3 is 1. The van der Waals surface area contributed by atoms with Crippen LogP contribution >= 0.6 is 23.6 Å². The number of esters is 1. The number of hydrogen-bond donors (Lipinski definition) is 1. The van der Waals surface area contributed by atoms with Crippen LogP contribution in [0.25, 0.3) is 0 Å². The number of rotatable bonds is 2. The highest BCUT2D eigenvalue weighted by atomic mass is 32.1. The fourth-order valence-electron chi connectivity index (χ4n) is 3.43. The van der Waals surface area contributed by atoms with Gasteiger partial charge in [0, 0.05) is 18.0 Å². The highest BCUT2D eigenvalue weighted by Gasteiger charge is 2.29. The van der Waals surface area contributed by atoms with Gasteiger partial charge in [-0.1, -0.05) is 6.92 Å². The molecule has 1 aliphatic heterocycles. The Bertz CT molecular complexity index is 606. The summed E-state index contributed by atoms with van der Waals surface area (Å²) in [5.74, 6) is 0.426. The van der Waals surface area contributed by atoms with Crippen molar-refractivity contribution in [2.24, 2.45) is 5.92 Å². The van der Waals surface area contributed by atoms with E-state index in [4.69, 9.17) is 17.0 Å². The van der Waals surface area contributed by atoms with Crippen molar-refractivity contribution in [2.45, 2.75) is 45.4 Å². The molecular formula is C17H24N2O2S2. The highest BCUT2D eigenvalue weighted by Crippen LogP contribution is 2.40. The largest absolute Gasteiger partial charge is 0.465 e. The zero-order valence-electron chi connectivity index (χ0n) is 13.8. The molecule has 1 atom stereocenters. The monoisotopic (exact) mass is 352 g/mol. The molecule has 0 saturated carbocycles. The zero-order valence-corrected chi connectivity index (χ0v) is 15.4. The SMILES string of the molecule is COC(=O)c1c(NC(=S)N2CCCCC2)sc2c1CCC(C)C2. The van der Waals surface area contributed by atoms with Gasteiger partial charge in [0.2, 0.25) is 0 Å². The van der Waals surface area contributed by atoms with Crippen LogP contribution in [0.2, 0.25) is 0 Å². The van der Waals surface area contributed by atoms with Crippen LogP contribution in [-0.2, 0) is 17.6 Å². The summed E-state index contributed by atoms with van der Waals surface area (Å²) in [4.78, 5) is 15.8. The molecule has 0 aromatic carbocycles. The molecule has 6 heteroatoms. The van der Waals surface area contributed by atoms with Crippen LogP contribution in [0.15, 0.2) is 0 Å². The molecule has 1 N–H and O–H groups in total. The van der Waals surface area contributed by atoms with Gasteiger partial charge in [-0.2, -0.15) is 0 Å². The number of anilines is 1. The maximum Gasteiger partial charge on any atom is 0.341 e. The van der Waals surface area contributed by atoms with Gasteiger partial charge in [0.1, 0.15) is 5.00 Å². The average Bonchev–Trinajstić information content (AvgIpc) is 2.91. The standard InChI is InChI=1S/C17H24N2O2S2/c1-11-6-7-12-13(10-11)23-15(14(12)16(20)21-2)18-17(22)19-8-4-3-5-9-19/h11H,3-10H2,1-2H3,(H,18,22). The predicted molar refractivity (Wildman–Crippen MR) is 98.5 cm³/mol. The first-order chi connectivity index (χ1) is 11.1. The molecule has 1 saturated heterocycles. The zero-order chi connectivity index (χ0) is 16.4. The molecule has 1 unspecified atom stereocenters. The van der Waals surface area contributed by atoms with Gasteiger partial charge in [0.15, 0.2) is 5.11 Å². The second-order valence-corrected chi connectivity index (χ2v) is 8.02. The molecule has 3 rings (SSSR count). The lowest BCUT2D eigenvalue weighted by atomic mass is 9.88. The predicted octanol–water partition coefficient (Wildman–Crippen LogP) is 3.84. The Hall–Kier alpha value is -1.14. The van der Waals surface area contributed by atoms with Crippen molar-refractivity contribution < 1.29 is 9.53 Å². The van der Waals surface area contributed by atoms with E-state index in [0.29, 0.717) is 11.5 Å². The molecule has 4 nitrogen and oxygen atoms in total. The van der Waals surface area contributed by atoms with Crippen LogP contribution in [0.3, 0.4) is 0 Å². The third-order valence-corrected chi connectivity index (χ3v) is 6.29. The van der Waals surface area contributed by atoms with Crippen LogP contribution in [0.4, 0.5) is 5.00 Å². The summed E-state index contributed by atoms with van der Waals surface area (Å²) in [6.07, 6.45) is 6.77. The Morgan fingerprint density at radius 2 is 2.09 bits per heavy atom. The van der Waals surface area contributed by atoms with E-state index >= 15 is 0 Å². The van der Waals surface area contributed by atoms with E-state index < -0.39 is 0 Å². The number of carbonyl (C=O) groups excluding carboxylic acids is 1. The lowest BCUT2D eigenvalue weighted by Gasteiger charge is -2.29. The Morgan fingerprint density at radius 3 is 2.78 bits per heavy atom. The molecule has 1 fully saturated rings. The lowest BCUT2D eigenvalue weighted by Crippen LogP contribution is -2.38. The molecule has 2 aliphatic rings. The average molecular weight is 353 g/mol. The van der Waals surface area contributed by atoms with Crippen molar-refractivity contribution in [3.8, 4) is 0 Å². The van der Waals surface area contributed by atoms with E-state index in [0.717, 1.165) is 42.5 Å². The minimum atomic E-state index is -0.249. The molecule has 1 aromatic rings. The minimum Gasteiger partial charge on any atom is -0.465 e. The minimum absolute atomic E-state index is 0.249. The smallest absolute Gasteiger partial charge is 0.341 e. The Morgan fingerprint density at radius 1 is 1.35 bits per heavy atom. The second kappa shape index (κ2) is 7.18. The summed E-state index contributed by atoms with van der Waals surface area (Å²) in [5.41, 5.74) is 1.88. The van der Waals surface area contributed by atoms with Crippen LogP contribution in [0.1, 0.15) is 53.4 Å². The van der Waals surface area contributed by atoms with Crippen molar-refractivity contribution in [3.05, 3.63) is 16.0 Å². The number of thiophene rings is 1. The van der Waals surface area contributed by atoms with E-state index in [-0.39, 0.29) is 5.97 Å². The third kappa shape index (κ3) is 3.53. The van der Waals surface area contributed by atoms with E-state index in [1.807, 2.05) is 0 Å². The Balaban J connectivity index is 1.85. The van der Waals surface area contributed by atoms with Gasteiger partial charge in [0.25, 0.3) is 0 Å². The van der Waals surface area contributed by atoms with Crippen molar-refractivity contribution >= 4 is 39.6 Å². The summed E-state index contributed by atoms with van der Waals surface area (Å²) >= 11 is 7.25. The van der Waals surface area contributed by atoms with E-state index in [9.17, 15) is 4.79 Å². The van der Waals surface area contributed by atoms with Crippen LogP contribution < -0.4 is 5.32 Å². The third-order valence-electron chi connectivity index (χ3n) is 4.76. The second-order valence-electron chi connectivity index (χ2n) is 6.53. The molecule has 0 spiro atoms. The number of nitrogens with zero attached hydrogens (tertiary/aromatic N) is 1. The van der Waals surface area contributed by atoms with Crippen LogP contribution in [0, 0.1) is 5.92 Å². The first-order valence-corrected chi connectivity index (χ1v) is 9.61. The van der Waals surface area contributed by atoms with E-state index in [2.05, 4.69) is 17.1 Å². The van der Waals surface area contributed by atoms with Gasteiger partial charge in [-0.05, 0) is 62.2 Å². The molecule has 1 aliphatic carbocycles. The van der Waals surface area contributed by atoms with E-state index in [1.54, 1.807) is 11.3 Å². The molecular weight excluding hydrogens is 328 g/mol. The van der Waals surface area contributed by atoms with Gasteiger partial charge in [-0.15, -0.1) is 11.3 Å². The molecule has 23 heavy (non-hydrogen) atoms. The molecule has 0 radical (unpaired) electrons. The topological polar surface area (TPSA) is 41.6 Å². The van der Waals surface area contributed by atoms with Crippen LogP contribution in [0.5, 0.6) is 0 Å². The lowest BCUT2D eigenvalue weighted by molar-refractivity contribution is 0.0601. The van der Waals surface area contributed by atoms with Crippen molar-refractivity contribution in [3.63, 3.8) is 0 Å². The molecule has 126 valence electrons. The van der Waals surface area contributed by atoms with Gasteiger partial charge < -0.3 is 15.0 Å². The summed E-state index contributed by atoms with van der Waals surface area (Å²) in [6, 6.07) is 0. The number of hydrogen-bond acceptors (Lipinski definition) is 4. The normalized spacial score (nSPS) is 20.8. The van der Waals surface area contributed by atoms with Gasteiger partial charge in [-0.25, -0.2) is 4.79 Å². The maximum atomic E-state index is 12.3. The first kappa shape index (κ1) is 16.7. The summed E-state index contributed by atoms with van der Waals surface area (Å²) in [6.45, 7) is 4.27. The quantitative estimate of drug-likeness (QED) is 0.647. The van der Waals surface area contributed by atoms with Crippen LogP contribution in [-0.4, -0.2) is 36.2 Å². The summed E-state index contributed by atoms with van der Waals surface area (Å²) in [5, 5.41) is 4.95. The molecule has 2 heterocycles. The number of carbonyl (C=O) groups is 1. The number of nitrogens with one attached hydrogen (secondary N) is 1. The van der Waals surface area contributed by atoms with E-state index in [1.165, 1.54) is 36.8 Å². The number of piperidine rings is 1. The summed E-state index contributed by atoms with van der Waals surface area (Å²) in [7, 11) is 1.45. The van der Waals surface area contributed by atoms with Gasteiger partial charge >= 0.3 is 5.97 Å². The first-order valence-electron chi connectivity index (χ1n) is 8.39. The molecule has 1 aromatic heterocycles. The van der Waals surface area contributed by atoms with Gasteiger partial charge in [-0.3, -0.25) is 0 Å². The molecule has 0 amide bonds. The van der Waals surface area contributed by atoms with Crippen molar-refractivity contribution in [2.75, 3.05) is 25.5 Å². The number of thiocarbonyl (C=S) groups is 1. The van der Waals surface area contributed by atoms with Crippen molar-refractivity contribution in [1.82, 2.24) is 4.90 Å². The maximum absolute atomic E-state index is 12.3. The Labute approximate surface area is 147 Å². The fraction of sp³-hybridized carbons (Fsp3) is 0.647. The number of ether oxygens (including phenoxy) is 1. The molecule has 0 bridgehead atoms. The number of fused-ring (bicyclic) bond motifs is 1. The summed E-state index contributed by atoms with van der Waals surface area (Å²) < 4.78 is 5.03. The highest BCUT2D eigenvalue weighted by molar-refractivity contribution is 7.80. The number of likely N-dealkylation sites (tertiary alicyclic amines) is 1. The Kier molecular flexibility index (Phi) is 5.21. The van der Waals surface area contributed by atoms with Gasteiger partial charge in [0.05, 0.1) is 12.7 Å². The fourth-order valence-corrected chi connectivity index (χ4v) is 5.18.